The molecule has 0 unspecified atom stereocenters. The molecule has 0 aliphatic rings. The zero-order valence-electron chi connectivity index (χ0n) is 9.91. The minimum Gasteiger partial charge on any atom is -0.461 e. The fourth-order valence-electron chi connectivity index (χ4n) is 1.32. The number of hydrogen-bond acceptors (Lipinski definition) is 5. The Morgan fingerprint density at radius 1 is 1.22 bits per heavy atom. The first kappa shape index (κ1) is 14.0. The van der Waals surface area contributed by atoms with Crippen molar-refractivity contribution in [3.05, 3.63) is 46.0 Å². The molecule has 1 aromatic rings. The van der Waals surface area contributed by atoms with Gasteiger partial charge in [-0.15, -0.1) is 10.1 Å². The lowest BCUT2D eigenvalue weighted by Crippen LogP contribution is -2.06. The zero-order chi connectivity index (χ0) is 13.2. The highest BCUT2D eigenvalue weighted by Gasteiger charge is 2.03. The average Bonchev–Trinajstić information content (AvgIpc) is 2.37. The zero-order valence-corrected chi connectivity index (χ0v) is 9.91. The number of benzene rings is 1. The summed E-state index contributed by atoms with van der Waals surface area (Å²) < 4.78 is 5.04. The molecule has 98 valence electrons. The molecule has 18 heavy (non-hydrogen) atoms. The minimum atomic E-state index is -0.840. The Bertz CT molecular complexity index is 379. The Morgan fingerprint density at radius 3 is 2.61 bits per heavy atom. The van der Waals surface area contributed by atoms with Gasteiger partial charge in [0.25, 0.3) is 5.09 Å². The summed E-state index contributed by atoms with van der Waals surface area (Å²) in [5, 5.41) is 9.01. The van der Waals surface area contributed by atoms with E-state index in [1.54, 1.807) is 0 Å². The van der Waals surface area contributed by atoms with Crippen LogP contribution in [0.5, 0.6) is 0 Å². The van der Waals surface area contributed by atoms with Crippen LogP contribution in [0.15, 0.2) is 30.3 Å². The predicted octanol–water partition coefficient (Wildman–Crippen LogP) is 2.11. The van der Waals surface area contributed by atoms with Crippen LogP contribution in [0, 0.1) is 10.1 Å². The second kappa shape index (κ2) is 8.05. The quantitative estimate of drug-likeness (QED) is 0.307. The summed E-state index contributed by atoms with van der Waals surface area (Å²) in [6.07, 6.45) is 1.22. The van der Waals surface area contributed by atoms with Crippen molar-refractivity contribution in [3.8, 4) is 0 Å². The number of rotatable bonds is 8. The second-order valence-corrected chi connectivity index (χ2v) is 3.66. The van der Waals surface area contributed by atoms with Gasteiger partial charge in [0, 0.05) is 6.42 Å². The monoisotopic (exact) mass is 253 g/mol. The van der Waals surface area contributed by atoms with Crippen molar-refractivity contribution in [2.75, 3.05) is 6.61 Å². The molecule has 0 aliphatic carbocycles. The molecule has 0 amide bonds. The largest absolute Gasteiger partial charge is 0.461 e. The smallest absolute Gasteiger partial charge is 0.306 e. The standard InChI is InChI=1S/C12H15NO5/c14-12(8-4-5-9-18-13(15)16)17-10-11-6-2-1-3-7-11/h1-3,6-7H,4-5,8-10H2. The lowest BCUT2D eigenvalue weighted by atomic mass is 10.2. The summed E-state index contributed by atoms with van der Waals surface area (Å²) in [5.41, 5.74) is 0.933. The van der Waals surface area contributed by atoms with Crippen molar-refractivity contribution in [2.24, 2.45) is 0 Å². The first-order valence-electron chi connectivity index (χ1n) is 5.65. The molecular weight excluding hydrogens is 238 g/mol. The van der Waals surface area contributed by atoms with E-state index >= 15 is 0 Å². The Labute approximate surface area is 105 Å². The topological polar surface area (TPSA) is 78.7 Å². The van der Waals surface area contributed by atoms with E-state index < -0.39 is 5.09 Å². The molecule has 6 nitrogen and oxygen atoms in total. The summed E-state index contributed by atoms with van der Waals surface area (Å²) >= 11 is 0. The number of nitrogens with zero attached hydrogens (tertiary/aromatic N) is 1. The highest BCUT2D eigenvalue weighted by atomic mass is 16.9. The van der Waals surface area contributed by atoms with Gasteiger partial charge in [-0.1, -0.05) is 30.3 Å². The van der Waals surface area contributed by atoms with Gasteiger partial charge in [0.1, 0.15) is 6.61 Å². The number of carbonyl (C=O) groups excluding carboxylic acids is 1. The van der Waals surface area contributed by atoms with E-state index in [1.807, 2.05) is 30.3 Å². The number of hydrogen-bond donors (Lipinski definition) is 0. The maximum atomic E-state index is 11.3. The molecule has 1 rings (SSSR count). The third-order valence-corrected chi connectivity index (χ3v) is 2.21. The van der Waals surface area contributed by atoms with Crippen LogP contribution >= 0.6 is 0 Å². The molecule has 0 aliphatic heterocycles. The predicted molar refractivity (Wildman–Crippen MR) is 63.0 cm³/mol. The minimum absolute atomic E-state index is 0.0129. The van der Waals surface area contributed by atoms with Crippen LogP contribution in [0.1, 0.15) is 24.8 Å². The molecule has 0 radical (unpaired) electrons. The normalized spacial score (nSPS) is 9.78. The van der Waals surface area contributed by atoms with Crippen LogP contribution in [-0.2, 0) is 21.0 Å². The molecule has 6 heteroatoms. The van der Waals surface area contributed by atoms with E-state index in [9.17, 15) is 14.9 Å². The molecule has 0 aromatic heterocycles. The molecule has 0 N–H and O–H groups in total. The Kier molecular flexibility index (Phi) is 6.24. The lowest BCUT2D eigenvalue weighted by Gasteiger charge is -2.04. The van der Waals surface area contributed by atoms with Crippen LogP contribution in [0.3, 0.4) is 0 Å². The summed E-state index contributed by atoms with van der Waals surface area (Å²) in [7, 11) is 0. The van der Waals surface area contributed by atoms with Crippen molar-refractivity contribution in [3.63, 3.8) is 0 Å². The third kappa shape index (κ3) is 6.47. The van der Waals surface area contributed by atoms with Gasteiger partial charge in [-0.25, -0.2) is 0 Å². The van der Waals surface area contributed by atoms with E-state index in [4.69, 9.17) is 4.74 Å². The average molecular weight is 253 g/mol. The Morgan fingerprint density at radius 2 is 1.94 bits per heavy atom. The van der Waals surface area contributed by atoms with Gasteiger partial charge >= 0.3 is 5.97 Å². The van der Waals surface area contributed by atoms with Gasteiger partial charge in [-0.2, -0.15) is 0 Å². The molecule has 0 fully saturated rings. The van der Waals surface area contributed by atoms with Crippen molar-refractivity contribution in [1.82, 2.24) is 0 Å². The number of esters is 1. The SMILES string of the molecule is O=C(CCCCO[N+](=O)[O-])OCc1ccccc1. The molecule has 0 heterocycles. The summed E-state index contributed by atoms with van der Waals surface area (Å²) in [6, 6.07) is 9.38. The number of carbonyl (C=O) groups is 1. The van der Waals surface area contributed by atoms with Gasteiger partial charge in [0.05, 0.1) is 6.61 Å². The Balaban J connectivity index is 2.06. The second-order valence-electron chi connectivity index (χ2n) is 3.66. The lowest BCUT2D eigenvalue weighted by molar-refractivity contribution is -0.757. The number of unbranched alkanes of at least 4 members (excludes halogenated alkanes) is 1. The highest BCUT2D eigenvalue weighted by Crippen LogP contribution is 2.04. The molecule has 0 spiro atoms. The third-order valence-electron chi connectivity index (χ3n) is 2.21. The van der Waals surface area contributed by atoms with Gasteiger partial charge in [-0.3, -0.25) is 4.79 Å². The van der Waals surface area contributed by atoms with E-state index in [0.29, 0.717) is 12.8 Å². The van der Waals surface area contributed by atoms with Crippen LogP contribution in [0.4, 0.5) is 0 Å². The molecule has 0 saturated heterocycles. The number of ether oxygens (including phenoxy) is 1. The fraction of sp³-hybridized carbons (Fsp3) is 0.417. The Hall–Kier alpha value is -2.11. The first-order valence-corrected chi connectivity index (χ1v) is 5.65. The molecular formula is C12H15NO5. The van der Waals surface area contributed by atoms with Crippen LogP contribution in [-0.4, -0.2) is 17.7 Å². The molecule has 0 bridgehead atoms. The summed E-state index contributed by atoms with van der Waals surface area (Å²) in [5.74, 6) is -0.306. The maximum Gasteiger partial charge on any atom is 0.306 e. The summed E-state index contributed by atoms with van der Waals surface area (Å²) in [4.78, 5) is 25.3. The van der Waals surface area contributed by atoms with Gasteiger partial charge in [0.2, 0.25) is 0 Å². The van der Waals surface area contributed by atoms with Gasteiger partial charge in [0.15, 0.2) is 0 Å². The fourth-order valence-corrected chi connectivity index (χ4v) is 1.32. The van der Waals surface area contributed by atoms with Crippen molar-refractivity contribution < 1.29 is 19.5 Å². The van der Waals surface area contributed by atoms with E-state index in [2.05, 4.69) is 4.84 Å². The van der Waals surface area contributed by atoms with Crippen molar-refractivity contribution in [1.29, 1.82) is 0 Å². The van der Waals surface area contributed by atoms with Crippen molar-refractivity contribution >= 4 is 5.97 Å². The highest BCUT2D eigenvalue weighted by molar-refractivity contribution is 5.69. The molecule has 0 atom stereocenters. The van der Waals surface area contributed by atoms with Crippen molar-refractivity contribution in [2.45, 2.75) is 25.9 Å². The van der Waals surface area contributed by atoms with E-state index in [-0.39, 0.29) is 25.6 Å². The van der Waals surface area contributed by atoms with Gasteiger partial charge in [-0.05, 0) is 18.4 Å². The van der Waals surface area contributed by atoms with Crippen LogP contribution in [0.25, 0.3) is 0 Å². The molecule has 0 saturated carbocycles. The van der Waals surface area contributed by atoms with E-state index in [0.717, 1.165) is 5.56 Å². The van der Waals surface area contributed by atoms with Gasteiger partial charge < -0.3 is 9.57 Å². The van der Waals surface area contributed by atoms with E-state index in [1.165, 1.54) is 0 Å². The van der Waals surface area contributed by atoms with Crippen LogP contribution < -0.4 is 0 Å². The van der Waals surface area contributed by atoms with Crippen LogP contribution in [0.2, 0.25) is 0 Å². The summed E-state index contributed by atoms with van der Waals surface area (Å²) in [6.45, 7) is 0.268. The molecule has 1 aromatic carbocycles. The first-order chi connectivity index (χ1) is 8.68. The maximum absolute atomic E-state index is 11.3.